The molecular weight excluding hydrogens is 288 g/mol. The van der Waals surface area contributed by atoms with E-state index in [0.717, 1.165) is 23.3 Å². The molecule has 3 heteroatoms. The summed E-state index contributed by atoms with van der Waals surface area (Å²) in [4.78, 5) is 12.7. The largest absolute Gasteiger partial charge is 0.289 e. The molecule has 0 aliphatic carbocycles. The van der Waals surface area contributed by atoms with E-state index >= 15 is 0 Å². The van der Waals surface area contributed by atoms with Gasteiger partial charge in [0.25, 0.3) is 0 Å². The van der Waals surface area contributed by atoms with E-state index in [2.05, 4.69) is 6.92 Å². The number of carbonyl (C=O) groups is 1. The lowest BCUT2D eigenvalue weighted by atomic mass is 9.88. The van der Waals surface area contributed by atoms with Crippen LogP contribution in [-0.4, -0.2) is 23.2 Å². The normalized spacial score (nSPS) is 20.4. The monoisotopic (exact) mass is 308 g/mol. The molecule has 20 heavy (non-hydrogen) atoms. The van der Waals surface area contributed by atoms with Crippen LogP contribution in [0.1, 0.15) is 36.5 Å². The van der Waals surface area contributed by atoms with Gasteiger partial charge in [0, 0.05) is 17.0 Å². The zero-order valence-electron chi connectivity index (χ0n) is 11.9. The maximum Gasteiger partial charge on any atom is 0.189 e. The Labute approximate surface area is 130 Å². The van der Waals surface area contributed by atoms with Crippen LogP contribution in [0.4, 0.5) is 0 Å². The first-order valence-electron chi connectivity index (χ1n) is 7.23. The minimum atomic E-state index is 0.152. The first-order chi connectivity index (χ1) is 9.77. The molecule has 1 aromatic rings. The van der Waals surface area contributed by atoms with Crippen molar-refractivity contribution in [2.45, 2.75) is 26.2 Å². The smallest absolute Gasteiger partial charge is 0.189 e. The van der Waals surface area contributed by atoms with E-state index in [4.69, 9.17) is 11.6 Å². The van der Waals surface area contributed by atoms with Gasteiger partial charge in [-0.2, -0.15) is 11.8 Å². The lowest BCUT2D eigenvalue weighted by Crippen LogP contribution is -2.18. The van der Waals surface area contributed by atoms with Crippen molar-refractivity contribution in [1.29, 1.82) is 0 Å². The fourth-order valence-electron chi connectivity index (χ4n) is 2.75. The Balaban J connectivity index is 2.31. The molecule has 1 aliphatic rings. The summed E-state index contributed by atoms with van der Waals surface area (Å²) in [7, 11) is 0. The number of alkyl halides is 1. The van der Waals surface area contributed by atoms with Crippen molar-refractivity contribution in [3.8, 4) is 0 Å². The minimum Gasteiger partial charge on any atom is -0.289 e. The van der Waals surface area contributed by atoms with Crippen molar-refractivity contribution in [3.05, 3.63) is 47.0 Å². The van der Waals surface area contributed by atoms with Crippen LogP contribution in [0.3, 0.4) is 0 Å². The second kappa shape index (κ2) is 7.90. The summed E-state index contributed by atoms with van der Waals surface area (Å²) < 4.78 is 0. The Morgan fingerprint density at radius 2 is 2.10 bits per heavy atom. The first-order valence-corrected chi connectivity index (χ1v) is 8.92. The first kappa shape index (κ1) is 15.7. The lowest BCUT2D eigenvalue weighted by Gasteiger charge is -2.25. The predicted octanol–water partition coefficient (Wildman–Crippen LogP) is 4.96. The van der Waals surface area contributed by atoms with E-state index in [-0.39, 0.29) is 5.78 Å². The van der Waals surface area contributed by atoms with E-state index in [1.54, 1.807) is 0 Å². The van der Waals surface area contributed by atoms with E-state index in [0.29, 0.717) is 11.8 Å². The van der Waals surface area contributed by atoms with Crippen molar-refractivity contribution in [1.82, 2.24) is 0 Å². The second-order valence-electron chi connectivity index (χ2n) is 5.10. The molecule has 1 fully saturated rings. The van der Waals surface area contributed by atoms with Crippen molar-refractivity contribution in [2.24, 2.45) is 5.92 Å². The van der Waals surface area contributed by atoms with Crippen molar-refractivity contribution < 1.29 is 4.79 Å². The predicted molar refractivity (Wildman–Crippen MR) is 88.9 cm³/mol. The number of hydrogen-bond acceptors (Lipinski definition) is 2. The van der Waals surface area contributed by atoms with Gasteiger partial charge in [0.2, 0.25) is 0 Å². The number of Topliss-reactive ketones (excluding diaryl/α,β-unsaturated/α-hetero) is 1. The molecule has 1 aromatic carbocycles. The van der Waals surface area contributed by atoms with Crippen LogP contribution in [0, 0.1) is 5.92 Å². The van der Waals surface area contributed by atoms with Gasteiger partial charge in [0.05, 0.1) is 0 Å². The van der Waals surface area contributed by atoms with Crippen molar-refractivity contribution in [3.63, 3.8) is 0 Å². The zero-order chi connectivity index (χ0) is 14.4. The Hall–Kier alpha value is -0.730. The third kappa shape index (κ3) is 3.67. The van der Waals surface area contributed by atoms with E-state index in [9.17, 15) is 4.79 Å². The molecule has 1 saturated heterocycles. The molecule has 1 heterocycles. The number of hydrogen-bond donors (Lipinski definition) is 0. The van der Waals surface area contributed by atoms with E-state index < -0.39 is 0 Å². The molecule has 1 unspecified atom stereocenters. The zero-order valence-corrected chi connectivity index (χ0v) is 13.5. The molecule has 1 atom stereocenters. The maximum absolute atomic E-state index is 12.7. The van der Waals surface area contributed by atoms with Gasteiger partial charge in [-0.05, 0) is 42.3 Å². The van der Waals surface area contributed by atoms with Gasteiger partial charge in [-0.3, -0.25) is 4.79 Å². The van der Waals surface area contributed by atoms with Crippen molar-refractivity contribution in [2.75, 3.05) is 17.4 Å². The minimum absolute atomic E-state index is 0.152. The van der Waals surface area contributed by atoms with Crippen molar-refractivity contribution >= 4 is 29.1 Å². The van der Waals surface area contributed by atoms with Gasteiger partial charge in [-0.25, -0.2) is 0 Å². The molecule has 0 radical (unpaired) electrons. The fraction of sp³-hybridized carbons (Fsp3) is 0.471. The molecule has 0 amide bonds. The van der Waals surface area contributed by atoms with Gasteiger partial charge in [0.15, 0.2) is 5.78 Å². The summed E-state index contributed by atoms with van der Waals surface area (Å²) in [5.41, 5.74) is 2.88. The molecule has 0 N–H and O–H groups in total. The standard InChI is InChI=1S/C17H21ClOS/c1-2-15(17(19)13-7-4-3-5-8-13)16(11-18)14-9-6-10-20-12-14/h3-5,7-8,14H,2,6,9-12H2,1H3/b16-15+. The van der Waals surface area contributed by atoms with Crippen LogP contribution in [0.25, 0.3) is 0 Å². The number of allylic oxidation sites excluding steroid dienone is 2. The maximum atomic E-state index is 12.7. The Morgan fingerprint density at radius 3 is 2.65 bits per heavy atom. The van der Waals surface area contributed by atoms with Gasteiger partial charge < -0.3 is 0 Å². The van der Waals surface area contributed by atoms with Gasteiger partial charge in [-0.1, -0.05) is 37.3 Å². The Kier molecular flexibility index (Phi) is 6.18. The highest BCUT2D eigenvalue weighted by molar-refractivity contribution is 7.99. The average molecular weight is 309 g/mol. The van der Waals surface area contributed by atoms with Crippen LogP contribution in [-0.2, 0) is 0 Å². The number of carbonyl (C=O) groups excluding carboxylic acids is 1. The highest BCUT2D eigenvalue weighted by Gasteiger charge is 2.23. The summed E-state index contributed by atoms with van der Waals surface area (Å²) in [6.45, 7) is 2.05. The van der Waals surface area contributed by atoms with Crippen LogP contribution < -0.4 is 0 Å². The highest BCUT2D eigenvalue weighted by atomic mass is 35.5. The quantitative estimate of drug-likeness (QED) is 0.434. The third-order valence-corrected chi connectivity index (χ3v) is 5.35. The topological polar surface area (TPSA) is 17.1 Å². The number of thioether (sulfide) groups is 1. The van der Waals surface area contributed by atoms with Gasteiger partial charge in [0.1, 0.15) is 0 Å². The number of rotatable bonds is 5. The average Bonchev–Trinajstić information content (AvgIpc) is 2.53. The van der Waals surface area contributed by atoms with Gasteiger partial charge >= 0.3 is 0 Å². The van der Waals surface area contributed by atoms with E-state index in [1.807, 2.05) is 42.1 Å². The summed E-state index contributed by atoms with van der Waals surface area (Å²) in [5.74, 6) is 3.45. The molecule has 2 rings (SSSR count). The number of ketones is 1. The Morgan fingerprint density at radius 1 is 1.35 bits per heavy atom. The number of halogens is 1. The molecule has 1 nitrogen and oxygen atoms in total. The summed E-state index contributed by atoms with van der Waals surface area (Å²) in [6, 6.07) is 9.54. The second-order valence-corrected chi connectivity index (χ2v) is 6.52. The summed E-state index contributed by atoms with van der Waals surface area (Å²) >= 11 is 8.16. The van der Waals surface area contributed by atoms with Crippen LogP contribution in [0.2, 0.25) is 0 Å². The Bertz CT molecular complexity index is 475. The lowest BCUT2D eigenvalue weighted by molar-refractivity contribution is 0.102. The molecule has 0 bridgehead atoms. The van der Waals surface area contributed by atoms with E-state index in [1.165, 1.54) is 24.2 Å². The molecule has 108 valence electrons. The highest BCUT2D eigenvalue weighted by Crippen LogP contribution is 2.32. The SMILES string of the molecule is CC/C(C(=O)c1ccccc1)=C(/CCl)C1CCCSC1. The van der Waals surface area contributed by atoms with Crippen LogP contribution in [0.15, 0.2) is 41.5 Å². The summed E-state index contributed by atoms with van der Waals surface area (Å²) in [6.07, 6.45) is 3.16. The molecule has 0 saturated carbocycles. The molecule has 0 aromatic heterocycles. The van der Waals surface area contributed by atoms with Crippen LogP contribution in [0.5, 0.6) is 0 Å². The molecule has 1 aliphatic heterocycles. The third-order valence-electron chi connectivity index (χ3n) is 3.85. The van der Waals surface area contributed by atoms with Crippen LogP contribution >= 0.6 is 23.4 Å². The summed E-state index contributed by atoms with van der Waals surface area (Å²) in [5, 5.41) is 0. The number of benzene rings is 1. The molecular formula is C17H21ClOS. The fourth-order valence-corrected chi connectivity index (χ4v) is 4.32. The molecule has 0 spiro atoms. The van der Waals surface area contributed by atoms with Gasteiger partial charge in [-0.15, -0.1) is 11.6 Å².